The lowest BCUT2D eigenvalue weighted by molar-refractivity contribution is -0.136. The van der Waals surface area contributed by atoms with Crippen molar-refractivity contribution in [3.63, 3.8) is 0 Å². The molecule has 2 aliphatic heterocycles. The van der Waals surface area contributed by atoms with Gasteiger partial charge >= 0.3 is 0 Å². The molecule has 3 amide bonds. The van der Waals surface area contributed by atoms with Gasteiger partial charge in [0.05, 0.1) is 17.7 Å². The minimum absolute atomic E-state index is 0.175. The summed E-state index contributed by atoms with van der Waals surface area (Å²) in [4.78, 5) is 49.3. The van der Waals surface area contributed by atoms with E-state index in [2.05, 4.69) is 10.6 Å². The molecule has 3 rings (SSSR count). The van der Waals surface area contributed by atoms with Crippen LogP contribution in [0, 0.1) is 5.92 Å². The summed E-state index contributed by atoms with van der Waals surface area (Å²) in [6, 6.07) is 4.14. The first-order chi connectivity index (χ1) is 13.5. The second-order valence-corrected chi connectivity index (χ2v) is 7.22. The van der Waals surface area contributed by atoms with E-state index < -0.39 is 17.9 Å². The number of piperidine rings is 2. The van der Waals surface area contributed by atoms with Gasteiger partial charge in [-0.3, -0.25) is 24.5 Å². The number of carbonyl (C=O) groups excluding carboxylic acids is 4. The number of aldehydes is 1. The van der Waals surface area contributed by atoms with Crippen molar-refractivity contribution in [2.75, 3.05) is 26.7 Å². The fraction of sp³-hybridized carbons (Fsp3) is 0.500. The van der Waals surface area contributed by atoms with E-state index in [1.165, 1.54) is 11.9 Å². The van der Waals surface area contributed by atoms with Crippen molar-refractivity contribution >= 4 is 24.0 Å². The molecule has 8 nitrogen and oxygen atoms in total. The van der Waals surface area contributed by atoms with Gasteiger partial charge in [0.15, 0.2) is 6.29 Å². The molecular weight excluding hydrogens is 362 g/mol. The van der Waals surface area contributed by atoms with Gasteiger partial charge in [-0.1, -0.05) is 6.07 Å². The van der Waals surface area contributed by atoms with Gasteiger partial charge in [0.25, 0.3) is 5.91 Å². The maximum absolute atomic E-state index is 12.9. The van der Waals surface area contributed by atoms with E-state index in [1.807, 2.05) is 0 Å². The van der Waals surface area contributed by atoms with E-state index in [0.29, 0.717) is 24.6 Å². The number of carbonyl (C=O) groups is 4. The Hall–Kier alpha value is -2.74. The van der Waals surface area contributed by atoms with Crippen LogP contribution in [0.1, 0.15) is 46.4 Å². The number of ether oxygens (including phenoxy) is 1. The Morgan fingerprint density at radius 2 is 2.00 bits per heavy atom. The van der Waals surface area contributed by atoms with Crippen LogP contribution in [-0.2, 0) is 9.59 Å². The van der Waals surface area contributed by atoms with E-state index in [0.717, 1.165) is 25.9 Å². The zero-order chi connectivity index (χ0) is 20.1. The zero-order valence-corrected chi connectivity index (χ0v) is 15.9. The molecule has 0 spiro atoms. The smallest absolute Gasteiger partial charge is 0.255 e. The first kappa shape index (κ1) is 20.0. The monoisotopic (exact) mass is 387 g/mol. The lowest BCUT2D eigenvalue weighted by atomic mass is 9.99. The van der Waals surface area contributed by atoms with Gasteiger partial charge < -0.3 is 15.0 Å². The SMILES string of the molecule is CN(C(=O)c1cccc(OCC2CCNCC2)c1C=O)C1CCC(=O)NC1=O. The summed E-state index contributed by atoms with van der Waals surface area (Å²) in [6.45, 7) is 2.39. The van der Waals surface area contributed by atoms with E-state index >= 15 is 0 Å². The second kappa shape index (κ2) is 8.97. The first-order valence-electron chi connectivity index (χ1n) is 9.53. The maximum atomic E-state index is 12.9. The Morgan fingerprint density at radius 3 is 2.68 bits per heavy atom. The highest BCUT2D eigenvalue weighted by Crippen LogP contribution is 2.25. The lowest BCUT2D eigenvalue weighted by Crippen LogP contribution is -2.53. The number of imide groups is 1. The summed E-state index contributed by atoms with van der Waals surface area (Å²) in [7, 11) is 1.50. The summed E-state index contributed by atoms with van der Waals surface area (Å²) in [5.74, 6) is -0.520. The molecule has 1 unspecified atom stereocenters. The molecule has 150 valence electrons. The Morgan fingerprint density at radius 1 is 1.25 bits per heavy atom. The third-order valence-corrected chi connectivity index (χ3v) is 5.35. The summed E-state index contributed by atoms with van der Waals surface area (Å²) < 4.78 is 5.87. The van der Waals surface area contributed by atoms with Gasteiger partial charge in [-0.2, -0.15) is 0 Å². The van der Waals surface area contributed by atoms with Gasteiger partial charge in [0.1, 0.15) is 11.8 Å². The molecule has 1 atom stereocenters. The molecule has 1 aromatic rings. The normalized spacial score (nSPS) is 20.4. The molecule has 0 saturated carbocycles. The number of rotatable bonds is 6. The first-order valence-corrected chi connectivity index (χ1v) is 9.53. The minimum Gasteiger partial charge on any atom is -0.493 e. The van der Waals surface area contributed by atoms with Gasteiger partial charge in [0.2, 0.25) is 11.8 Å². The van der Waals surface area contributed by atoms with Crippen LogP contribution >= 0.6 is 0 Å². The van der Waals surface area contributed by atoms with E-state index in [9.17, 15) is 19.2 Å². The number of nitrogens with zero attached hydrogens (tertiary/aromatic N) is 1. The fourth-order valence-electron chi connectivity index (χ4n) is 3.62. The van der Waals surface area contributed by atoms with Crippen molar-refractivity contribution in [1.29, 1.82) is 0 Å². The highest BCUT2D eigenvalue weighted by atomic mass is 16.5. The van der Waals surface area contributed by atoms with Gasteiger partial charge in [-0.05, 0) is 50.4 Å². The quantitative estimate of drug-likeness (QED) is 0.551. The van der Waals surface area contributed by atoms with Crippen LogP contribution in [0.25, 0.3) is 0 Å². The molecule has 2 heterocycles. The Labute approximate surface area is 163 Å². The summed E-state index contributed by atoms with van der Waals surface area (Å²) in [5.41, 5.74) is 0.366. The number of benzene rings is 1. The van der Waals surface area contributed by atoms with E-state index in [-0.39, 0.29) is 29.9 Å². The van der Waals surface area contributed by atoms with Crippen LogP contribution in [-0.4, -0.2) is 61.7 Å². The zero-order valence-electron chi connectivity index (χ0n) is 15.9. The second-order valence-electron chi connectivity index (χ2n) is 7.22. The molecule has 0 bridgehead atoms. The van der Waals surface area contributed by atoms with Crippen molar-refractivity contribution < 1.29 is 23.9 Å². The number of hydrogen-bond acceptors (Lipinski definition) is 6. The predicted molar refractivity (Wildman–Crippen MR) is 101 cm³/mol. The minimum atomic E-state index is -0.746. The number of amides is 3. The molecule has 2 aliphatic rings. The molecule has 2 N–H and O–H groups in total. The van der Waals surface area contributed by atoms with Crippen molar-refractivity contribution in [3.05, 3.63) is 29.3 Å². The molecule has 1 aromatic carbocycles. The van der Waals surface area contributed by atoms with Gasteiger partial charge in [-0.15, -0.1) is 0 Å². The Balaban J connectivity index is 1.75. The van der Waals surface area contributed by atoms with Crippen LogP contribution in [0.15, 0.2) is 18.2 Å². The average Bonchev–Trinajstić information content (AvgIpc) is 2.71. The van der Waals surface area contributed by atoms with Crippen LogP contribution in [0.2, 0.25) is 0 Å². The molecule has 28 heavy (non-hydrogen) atoms. The van der Waals surface area contributed by atoms with Crippen LogP contribution in [0.4, 0.5) is 0 Å². The third-order valence-electron chi connectivity index (χ3n) is 5.35. The highest BCUT2D eigenvalue weighted by molar-refractivity contribution is 6.06. The van der Waals surface area contributed by atoms with Crippen LogP contribution < -0.4 is 15.4 Å². The van der Waals surface area contributed by atoms with E-state index in [1.54, 1.807) is 18.2 Å². The van der Waals surface area contributed by atoms with Gasteiger partial charge in [0, 0.05) is 13.5 Å². The fourth-order valence-corrected chi connectivity index (χ4v) is 3.62. The largest absolute Gasteiger partial charge is 0.493 e. The van der Waals surface area contributed by atoms with Crippen molar-refractivity contribution in [2.45, 2.75) is 31.7 Å². The predicted octanol–water partition coefficient (Wildman–Crippen LogP) is 0.755. The average molecular weight is 387 g/mol. The number of nitrogens with one attached hydrogen (secondary N) is 2. The summed E-state index contributed by atoms with van der Waals surface area (Å²) >= 11 is 0. The third kappa shape index (κ3) is 4.39. The van der Waals surface area contributed by atoms with Crippen LogP contribution in [0.5, 0.6) is 5.75 Å². The Kier molecular flexibility index (Phi) is 6.41. The molecule has 0 radical (unpaired) electrons. The lowest BCUT2D eigenvalue weighted by Gasteiger charge is -2.30. The molecule has 2 saturated heterocycles. The molecule has 2 fully saturated rings. The summed E-state index contributed by atoms with van der Waals surface area (Å²) in [5, 5.41) is 5.54. The number of likely N-dealkylation sites (N-methyl/N-ethyl adjacent to an activating group) is 1. The highest BCUT2D eigenvalue weighted by Gasteiger charge is 2.33. The summed E-state index contributed by atoms with van der Waals surface area (Å²) in [6.07, 6.45) is 3.06. The molecule has 0 aliphatic carbocycles. The molecule has 0 aromatic heterocycles. The molecular formula is C20H25N3O5. The number of hydrogen-bond donors (Lipinski definition) is 2. The standard InChI is InChI=1S/C20H25N3O5/c1-23(16-5-6-18(25)22-19(16)26)20(27)14-3-2-4-17(15(14)11-24)28-12-13-7-9-21-10-8-13/h2-4,11,13,16,21H,5-10,12H2,1H3,(H,22,25,26). The van der Waals surface area contributed by atoms with Gasteiger partial charge in [-0.25, -0.2) is 0 Å². The van der Waals surface area contributed by atoms with Crippen molar-refractivity contribution in [3.8, 4) is 5.75 Å². The Bertz CT molecular complexity index is 773. The van der Waals surface area contributed by atoms with Crippen LogP contribution in [0.3, 0.4) is 0 Å². The topological polar surface area (TPSA) is 105 Å². The molecule has 8 heteroatoms. The maximum Gasteiger partial charge on any atom is 0.255 e. The van der Waals surface area contributed by atoms with E-state index in [4.69, 9.17) is 4.74 Å². The van der Waals surface area contributed by atoms with Crippen molar-refractivity contribution in [1.82, 2.24) is 15.5 Å². The van der Waals surface area contributed by atoms with Crippen molar-refractivity contribution in [2.24, 2.45) is 5.92 Å².